The summed E-state index contributed by atoms with van der Waals surface area (Å²) in [7, 11) is 0. The van der Waals surface area contributed by atoms with Crippen LogP contribution >= 0.6 is 0 Å². The van der Waals surface area contributed by atoms with Crippen molar-refractivity contribution in [2.24, 2.45) is 0 Å². The first-order valence-electron chi connectivity index (χ1n) is 4.33. The lowest BCUT2D eigenvalue weighted by atomic mass is 10.2. The van der Waals surface area contributed by atoms with Gasteiger partial charge in [-0.2, -0.15) is 0 Å². The molecule has 0 aliphatic carbocycles. The predicted octanol–water partition coefficient (Wildman–Crippen LogP) is -1.83. The fourth-order valence-electron chi connectivity index (χ4n) is 0.849. The molecule has 0 bridgehead atoms. The summed E-state index contributed by atoms with van der Waals surface area (Å²) in [5.41, 5.74) is 0. The number of carbonyl (C=O) groups is 4. The molecule has 0 aliphatic heterocycles. The van der Waals surface area contributed by atoms with Crippen LogP contribution in [0.3, 0.4) is 0 Å². The lowest BCUT2D eigenvalue weighted by Gasteiger charge is -2.15. The van der Waals surface area contributed by atoms with Crippen molar-refractivity contribution < 1.29 is 29.4 Å². The monoisotopic (exact) mass is 232 g/mol. The number of amides is 2. The Bertz CT molecular complexity index is 303. The summed E-state index contributed by atoms with van der Waals surface area (Å²) in [4.78, 5) is 42.1. The first-order chi connectivity index (χ1) is 7.38. The zero-order valence-electron chi connectivity index (χ0n) is 8.47. The van der Waals surface area contributed by atoms with E-state index in [9.17, 15) is 19.2 Å². The molecule has 90 valence electrons. The Labute approximate surface area is 90.6 Å². The molecule has 0 aromatic rings. The third-order valence-electron chi connectivity index (χ3n) is 1.70. The van der Waals surface area contributed by atoms with Gasteiger partial charge in [0.05, 0.1) is 6.42 Å². The van der Waals surface area contributed by atoms with Gasteiger partial charge in [-0.05, 0) is 6.92 Å². The Morgan fingerprint density at radius 1 is 1.31 bits per heavy atom. The number of rotatable bonds is 7. The smallest absolute Gasteiger partial charge is 0.326 e. The van der Waals surface area contributed by atoms with Gasteiger partial charge >= 0.3 is 11.9 Å². The van der Waals surface area contributed by atoms with Crippen molar-refractivity contribution in [1.29, 1.82) is 0 Å². The summed E-state index contributed by atoms with van der Waals surface area (Å²) in [6.45, 7) is 1.34. The van der Waals surface area contributed by atoms with Gasteiger partial charge in [0.1, 0.15) is 12.1 Å². The second-order valence-corrected chi connectivity index (χ2v) is 3.00. The molecule has 0 aromatic carbocycles. The molecular formula is C8H12N2O6. The van der Waals surface area contributed by atoms with E-state index in [0.29, 0.717) is 0 Å². The molecule has 2 atom stereocenters. The van der Waals surface area contributed by atoms with Gasteiger partial charge < -0.3 is 20.8 Å². The number of carboxylic acid groups (broad SMARTS) is 2. The number of hydrogen-bond donors (Lipinski definition) is 4. The molecule has 0 unspecified atom stereocenters. The Balaban J connectivity index is 4.39. The van der Waals surface area contributed by atoms with E-state index < -0.39 is 36.4 Å². The van der Waals surface area contributed by atoms with Crippen LogP contribution in [0.15, 0.2) is 0 Å². The lowest BCUT2D eigenvalue weighted by molar-refractivity contribution is -0.147. The maximum Gasteiger partial charge on any atom is 0.326 e. The highest BCUT2D eigenvalue weighted by atomic mass is 16.4. The standard InChI is InChI=1S/C8H12N2O6/c1-4(9-3-11)7(14)10-5(8(15)16)2-6(12)13/h3-5H,2H2,1H3,(H,9,11)(H,10,14)(H,12,13)(H,15,16)/t4-,5-/m0/s1. The van der Waals surface area contributed by atoms with Crippen LogP contribution in [0.5, 0.6) is 0 Å². The first kappa shape index (κ1) is 13.9. The molecule has 0 saturated heterocycles. The van der Waals surface area contributed by atoms with E-state index in [2.05, 4.69) is 5.32 Å². The zero-order valence-corrected chi connectivity index (χ0v) is 8.47. The Morgan fingerprint density at radius 3 is 2.25 bits per heavy atom. The van der Waals surface area contributed by atoms with Gasteiger partial charge in [0, 0.05) is 0 Å². The highest BCUT2D eigenvalue weighted by Gasteiger charge is 2.24. The number of carboxylic acids is 2. The van der Waals surface area contributed by atoms with Crippen molar-refractivity contribution >= 4 is 24.3 Å². The van der Waals surface area contributed by atoms with Crippen LogP contribution in [-0.4, -0.2) is 46.6 Å². The van der Waals surface area contributed by atoms with Gasteiger partial charge in [0.15, 0.2) is 0 Å². The third kappa shape index (κ3) is 4.94. The molecule has 0 fully saturated rings. The first-order valence-corrected chi connectivity index (χ1v) is 4.33. The third-order valence-corrected chi connectivity index (χ3v) is 1.70. The van der Waals surface area contributed by atoms with Crippen molar-refractivity contribution in [3.8, 4) is 0 Å². The fourth-order valence-corrected chi connectivity index (χ4v) is 0.849. The van der Waals surface area contributed by atoms with Crippen LogP contribution in [0.2, 0.25) is 0 Å². The number of nitrogens with one attached hydrogen (secondary N) is 2. The zero-order chi connectivity index (χ0) is 12.7. The van der Waals surface area contributed by atoms with E-state index in [0.717, 1.165) is 0 Å². The van der Waals surface area contributed by atoms with Crippen molar-refractivity contribution in [2.75, 3.05) is 0 Å². The van der Waals surface area contributed by atoms with E-state index in [1.807, 2.05) is 5.32 Å². The maximum atomic E-state index is 11.2. The van der Waals surface area contributed by atoms with Crippen molar-refractivity contribution in [3.63, 3.8) is 0 Å². The molecule has 0 saturated carbocycles. The summed E-state index contributed by atoms with van der Waals surface area (Å²) >= 11 is 0. The molecule has 4 N–H and O–H groups in total. The van der Waals surface area contributed by atoms with Crippen LogP contribution in [-0.2, 0) is 19.2 Å². The van der Waals surface area contributed by atoms with E-state index in [4.69, 9.17) is 10.2 Å². The fraction of sp³-hybridized carbons (Fsp3) is 0.500. The van der Waals surface area contributed by atoms with Crippen LogP contribution in [0.25, 0.3) is 0 Å². The topological polar surface area (TPSA) is 133 Å². The minimum Gasteiger partial charge on any atom is -0.481 e. The summed E-state index contributed by atoms with van der Waals surface area (Å²) in [6.07, 6.45) is -0.438. The predicted molar refractivity (Wildman–Crippen MR) is 50.5 cm³/mol. The Hall–Kier alpha value is -2.12. The summed E-state index contributed by atoms with van der Waals surface area (Å²) in [6, 6.07) is -2.44. The SMILES string of the molecule is C[C@H](NC=O)C(=O)N[C@@H](CC(=O)O)C(=O)O. The van der Waals surface area contributed by atoms with Gasteiger partial charge in [0.25, 0.3) is 0 Å². The molecule has 2 amide bonds. The van der Waals surface area contributed by atoms with Crippen molar-refractivity contribution in [1.82, 2.24) is 10.6 Å². The second-order valence-electron chi connectivity index (χ2n) is 3.00. The molecule has 8 heteroatoms. The van der Waals surface area contributed by atoms with Gasteiger partial charge in [-0.3, -0.25) is 14.4 Å². The van der Waals surface area contributed by atoms with Crippen molar-refractivity contribution in [2.45, 2.75) is 25.4 Å². The van der Waals surface area contributed by atoms with Crippen LogP contribution in [0.1, 0.15) is 13.3 Å². The van der Waals surface area contributed by atoms with Gasteiger partial charge in [-0.1, -0.05) is 0 Å². The molecule has 0 aliphatic rings. The second kappa shape index (κ2) is 6.38. The van der Waals surface area contributed by atoms with Gasteiger partial charge in [0.2, 0.25) is 12.3 Å². The highest BCUT2D eigenvalue weighted by molar-refractivity contribution is 5.89. The van der Waals surface area contributed by atoms with Crippen LogP contribution in [0, 0.1) is 0 Å². The molecule has 0 spiro atoms. The average Bonchev–Trinajstić information content (AvgIpc) is 2.16. The van der Waals surface area contributed by atoms with E-state index in [-0.39, 0.29) is 6.41 Å². The van der Waals surface area contributed by atoms with E-state index in [1.54, 1.807) is 0 Å². The normalized spacial score (nSPS) is 13.3. The molecule has 0 heterocycles. The molecule has 8 nitrogen and oxygen atoms in total. The largest absolute Gasteiger partial charge is 0.481 e. The Kier molecular flexibility index (Phi) is 5.53. The van der Waals surface area contributed by atoms with Gasteiger partial charge in [-0.25, -0.2) is 4.79 Å². The number of hydrogen-bond acceptors (Lipinski definition) is 4. The molecule has 16 heavy (non-hydrogen) atoms. The number of aliphatic carboxylic acids is 2. The molecule has 0 aromatic heterocycles. The summed E-state index contributed by atoms with van der Waals surface area (Å²) in [5, 5.41) is 21.1. The lowest BCUT2D eigenvalue weighted by Crippen LogP contribution is -2.49. The maximum absolute atomic E-state index is 11.2. The molecule has 0 radical (unpaired) electrons. The summed E-state index contributed by atoms with van der Waals surface area (Å²) in [5.74, 6) is -3.56. The highest BCUT2D eigenvalue weighted by Crippen LogP contribution is 1.94. The summed E-state index contributed by atoms with van der Waals surface area (Å²) < 4.78 is 0. The van der Waals surface area contributed by atoms with Crippen molar-refractivity contribution in [3.05, 3.63) is 0 Å². The Morgan fingerprint density at radius 2 is 1.88 bits per heavy atom. The number of carbonyl (C=O) groups excluding carboxylic acids is 2. The van der Waals surface area contributed by atoms with Crippen LogP contribution < -0.4 is 10.6 Å². The average molecular weight is 232 g/mol. The molecule has 0 rings (SSSR count). The van der Waals surface area contributed by atoms with E-state index in [1.165, 1.54) is 6.92 Å². The quantitative estimate of drug-likeness (QED) is 0.381. The van der Waals surface area contributed by atoms with E-state index >= 15 is 0 Å². The van der Waals surface area contributed by atoms with Crippen LogP contribution in [0.4, 0.5) is 0 Å². The molecular weight excluding hydrogens is 220 g/mol. The minimum absolute atomic E-state index is 0.289. The minimum atomic E-state index is -1.51. The van der Waals surface area contributed by atoms with Gasteiger partial charge in [-0.15, -0.1) is 0 Å².